The summed E-state index contributed by atoms with van der Waals surface area (Å²) in [5.41, 5.74) is -0.394. The van der Waals surface area contributed by atoms with Crippen molar-refractivity contribution >= 4 is 0 Å². The van der Waals surface area contributed by atoms with Crippen LogP contribution < -0.4 is 5.69 Å². The first-order valence-corrected chi connectivity index (χ1v) is 2.88. The van der Waals surface area contributed by atoms with Crippen molar-refractivity contribution in [2.45, 2.75) is 0 Å². The van der Waals surface area contributed by atoms with E-state index in [0.717, 1.165) is 4.68 Å². The Labute approximate surface area is 60.0 Å². The van der Waals surface area contributed by atoms with Crippen LogP contribution in [-0.2, 0) is 0 Å². The Hall–Kier alpha value is -1.92. The monoisotopic (exact) mass is 152 g/mol. The predicted molar refractivity (Wildman–Crippen MR) is 34.1 cm³/mol. The van der Waals surface area contributed by atoms with Crippen molar-refractivity contribution < 1.29 is 0 Å². The van der Waals surface area contributed by atoms with Crippen LogP contribution in [0.25, 0.3) is 5.82 Å². The van der Waals surface area contributed by atoms with Gasteiger partial charge in [-0.3, -0.25) is 5.10 Å². The molecule has 0 fully saturated rings. The van der Waals surface area contributed by atoms with Gasteiger partial charge < -0.3 is 0 Å². The Morgan fingerprint density at radius 2 is 2.36 bits per heavy atom. The molecule has 2 heterocycles. The molecule has 0 bridgehead atoms. The van der Waals surface area contributed by atoms with Gasteiger partial charge in [0.15, 0.2) is 5.82 Å². The summed E-state index contributed by atoms with van der Waals surface area (Å²) in [5.74, 6) is 0.490. The summed E-state index contributed by atoms with van der Waals surface area (Å²) in [6, 6.07) is 1.62. The minimum atomic E-state index is -0.394. The number of H-pyrrole nitrogens is 2. The zero-order chi connectivity index (χ0) is 7.68. The summed E-state index contributed by atoms with van der Waals surface area (Å²) in [4.78, 5) is 10.9. The fraction of sp³-hybridized carbons (Fsp3) is 0. The van der Waals surface area contributed by atoms with Crippen LogP contribution in [0.2, 0.25) is 0 Å². The van der Waals surface area contributed by atoms with Crippen LogP contribution in [0, 0.1) is 0 Å². The molecule has 2 aromatic rings. The molecule has 2 aromatic heterocycles. The molecule has 2 rings (SSSR count). The quantitative estimate of drug-likeness (QED) is 0.530. The number of hydrogen-bond acceptors (Lipinski definition) is 4. The first-order valence-electron chi connectivity index (χ1n) is 2.88. The van der Waals surface area contributed by atoms with E-state index in [9.17, 15) is 4.79 Å². The third kappa shape index (κ3) is 0.820. The SMILES string of the molecule is O=c1[nH]nnn1-c1ccn[nH]1. The van der Waals surface area contributed by atoms with Crippen LogP contribution in [0.4, 0.5) is 0 Å². The molecule has 0 aliphatic heterocycles. The molecule has 11 heavy (non-hydrogen) atoms. The van der Waals surface area contributed by atoms with Crippen LogP contribution in [0.3, 0.4) is 0 Å². The van der Waals surface area contributed by atoms with Crippen molar-refractivity contribution in [1.82, 2.24) is 30.4 Å². The largest absolute Gasteiger partial charge is 0.367 e. The zero-order valence-electron chi connectivity index (χ0n) is 5.35. The number of aromatic amines is 2. The predicted octanol–water partition coefficient (Wildman–Crippen LogP) is -1.32. The van der Waals surface area contributed by atoms with Gasteiger partial charge >= 0.3 is 5.69 Å². The molecule has 0 unspecified atom stereocenters. The van der Waals surface area contributed by atoms with Crippen LogP contribution in [-0.4, -0.2) is 30.4 Å². The number of nitrogens with zero attached hydrogens (tertiary/aromatic N) is 4. The summed E-state index contributed by atoms with van der Waals surface area (Å²) in [5, 5.41) is 15.2. The molecule has 7 heteroatoms. The van der Waals surface area contributed by atoms with Crippen molar-refractivity contribution in [3.8, 4) is 5.82 Å². The van der Waals surface area contributed by atoms with E-state index in [0.29, 0.717) is 5.82 Å². The minimum absolute atomic E-state index is 0.394. The van der Waals surface area contributed by atoms with Gasteiger partial charge in [0.25, 0.3) is 0 Å². The first-order chi connectivity index (χ1) is 5.38. The van der Waals surface area contributed by atoms with Gasteiger partial charge in [-0.15, -0.1) is 4.68 Å². The molecule has 0 saturated heterocycles. The summed E-state index contributed by atoms with van der Waals surface area (Å²) in [6.45, 7) is 0. The number of hydrogen-bond donors (Lipinski definition) is 2. The molecular weight excluding hydrogens is 148 g/mol. The van der Waals surface area contributed by atoms with Gasteiger partial charge in [0.1, 0.15) is 0 Å². The maximum Gasteiger partial charge on any atom is 0.367 e. The Balaban J connectivity index is 2.62. The van der Waals surface area contributed by atoms with Crippen molar-refractivity contribution in [3.05, 3.63) is 22.7 Å². The lowest BCUT2D eigenvalue weighted by Gasteiger charge is -1.87. The van der Waals surface area contributed by atoms with Gasteiger partial charge in [-0.05, 0) is 10.4 Å². The molecule has 0 aliphatic rings. The van der Waals surface area contributed by atoms with E-state index in [4.69, 9.17) is 0 Å². The van der Waals surface area contributed by atoms with Gasteiger partial charge in [-0.25, -0.2) is 9.89 Å². The topological polar surface area (TPSA) is 92.2 Å². The fourth-order valence-corrected chi connectivity index (χ4v) is 0.722. The van der Waals surface area contributed by atoms with Crippen LogP contribution in [0.15, 0.2) is 17.1 Å². The number of aromatic nitrogens is 6. The zero-order valence-corrected chi connectivity index (χ0v) is 5.35. The van der Waals surface area contributed by atoms with Gasteiger partial charge in [-0.1, -0.05) is 0 Å². The van der Waals surface area contributed by atoms with Gasteiger partial charge in [-0.2, -0.15) is 5.10 Å². The Kier molecular flexibility index (Phi) is 1.08. The molecule has 0 atom stereocenters. The van der Waals surface area contributed by atoms with Gasteiger partial charge in [0.2, 0.25) is 0 Å². The van der Waals surface area contributed by atoms with Crippen molar-refractivity contribution in [1.29, 1.82) is 0 Å². The van der Waals surface area contributed by atoms with Gasteiger partial charge in [0, 0.05) is 6.07 Å². The second kappa shape index (κ2) is 2.04. The second-order valence-corrected chi connectivity index (χ2v) is 1.86. The smallest absolute Gasteiger partial charge is 0.261 e. The van der Waals surface area contributed by atoms with Crippen molar-refractivity contribution in [2.24, 2.45) is 0 Å². The molecule has 0 amide bonds. The Morgan fingerprint density at radius 1 is 1.45 bits per heavy atom. The third-order valence-electron chi connectivity index (χ3n) is 1.19. The molecule has 0 radical (unpaired) electrons. The summed E-state index contributed by atoms with van der Waals surface area (Å²) in [6.07, 6.45) is 1.52. The maximum absolute atomic E-state index is 10.9. The van der Waals surface area contributed by atoms with Gasteiger partial charge in [0.05, 0.1) is 6.20 Å². The van der Waals surface area contributed by atoms with Crippen LogP contribution >= 0.6 is 0 Å². The molecule has 7 nitrogen and oxygen atoms in total. The normalized spacial score (nSPS) is 10.2. The lowest BCUT2D eigenvalue weighted by atomic mass is 10.6. The highest BCUT2D eigenvalue weighted by Crippen LogP contribution is 1.91. The Morgan fingerprint density at radius 3 is 2.91 bits per heavy atom. The molecule has 0 spiro atoms. The highest BCUT2D eigenvalue weighted by Gasteiger charge is 2.01. The van der Waals surface area contributed by atoms with Crippen LogP contribution in [0.5, 0.6) is 0 Å². The number of rotatable bonds is 1. The van der Waals surface area contributed by atoms with Crippen LogP contribution in [0.1, 0.15) is 0 Å². The van der Waals surface area contributed by atoms with E-state index in [1.165, 1.54) is 6.20 Å². The van der Waals surface area contributed by atoms with E-state index in [2.05, 4.69) is 25.7 Å². The average molecular weight is 152 g/mol. The molecular formula is C4H4N6O. The van der Waals surface area contributed by atoms with E-state index in [1.807, 2.05) is 0 Å². The average Bonchev–Trinajstić information content (AvgIpc) is 2.55. The number of nitrogens with one attached hydrogen (secondary N) is 2. The number of tetrazole rings is 1. The first kappa shape index (κ1) is 5.83. The molecule has 0 aromatic carbocycles. The molecule has 56 valence electrons. The molecule has 0 aliphatic carbocycles. The third-order valence-corrected chi connectivity index (χ3v) is 1.19. The summed E-state index contributed by atoms with van der Waals surface area (Å²) >= 11 is 0. The second-order valence-electron chi connectivity index (χ2n) is 1.86. The highest BCUT2D eigenvalue weighted by atomic mass is 16.2. The fourth-order valence-electron chi connectivity index (χ4n) is 0.722. The standard InChI is InChI=1S/C4H4N6O/c11-4-7-8-9-10(4)3-1-2-5-6-3/h1-2H,(H,5,6)(H,7,9,11). The minimum Gasteiger partial charge on any atom is -0.261 e. The highest BCUT2D eigenvalue weighted by molar-refractivity contribution is 5.14. The maximum atomic E-state index is 10.9. The Bertz CT molecular complexity index is 383. The lowest BCUT2D eigenvalue weighted by molar-refractivity contribution is 0.755. The lowest BCUT2D eigenvalue weighted by Crippen LogP contribution is -2.16. The van der Waals surface area contributed by atoms with E-state index in [-0.39, 0.29) is 0 Å². The van der Waals surface area contributed by atoms with E-state index < -0.39 is 5.69 Å². The van der Waals surface area contributed by atoms with E-state index in [1.54, 1.807) is 6.07 Å². The molecule has 0 saturated carbocycles. The molecule has 2 N–H and O–H groups in total. The summed E-state index contributed by atoms with van der Waals surface area (Å²) < 4.78 is 1.08. The van der Waals surface area contributed by atoms with Crippen molar-refractivity contribution in [2.75, 3.05) is 0 Å². The van der Waals surface area contributed by atoms with E-state index >= 15 is 0 Å². The van der Waals surface area contributed by atoms with Crippen molar-refractivity contribution in [3.63, 3.8) is 0 Å². The summed E-state index contributed by atoms with van der Waals surface area (Å²) in [7, 11) is 0.